The topological polar surface area (TPSA) is 190 Å². The largest absolute Gasteiger partial charge is 0.481 e. The number of halogens is 2. The maximum atomic E-state index is 15.2. The van der Waals surface area contributed by atoms with Crippen LogP contribution in [0.4, 0.5) is 8.78 Å². The van der Waals surface area contributed by atoms with Crippen molar-refractivity contribution in [2.45, 2.75) is 111 Å². The molecule has 354 valence electrons. The van der Waals surface area contributed by atoms with E-state index in [1.165, 1.54) is 35.7 Å². The first-order chi connectivity index (χ1) is 30.8. The zero-order valence-corrected chi connectivity index (χ0v) is 39.0. The number of aliphatic hydroxyl groups excluding tert-OH is 1. The number of amides is 5. The third-order valence-electron chi connectivity index (χ3n) is 11.0. The lowest BCUT2D eigenvalue weighted by molar-refractivity contribution is -0.137. The van der Waals surface area contributed by atoms with Gasteiger partial charge in [0.1, 0.15) is 29.9 Å². The number of carboxylic acid groups (broad SMARTS) is 1. The second-order valence-corrected chi connectivity index (χ2v) is 18.8. The molecule has 0 aliphatic carbocycles. The van der Waals surface area contributed by atoms with Crippen LogP contribution < -0.4 is 16.0 Å². The number of nitrogens with zero attached hydrogens (tertiary/aromatic N) is 3. The van der Waals surface area contributed by atoms with Gasteiger partial charge in [-0.25, -0.2) is 8.78 Å². The lowest BCUT2D eigenvalue weighted by Crippen LogP contribution is -2.54. The molecule has 0 spiro atoms. The molecular weight excluding hydrogens is 859 g/mol. The summed E-state index contributed by atoms with van der Waals surface area (Å²) in [6.07, 6.45) is 5.64. The fourth-order valence-electron chi connectivity index (χ4n) is 7.66. The third-order valence-corrected chi connectivity index (χ3v) is 11.9. The molecule has 5 N–H and O–H groups in total. The number of rotatable bonds is 25. The lowest BCUT2D eigenvalue weighted by Gasteiger charge is -2.41. The Labute approximate surface area is 384 Å². The maximum Gasteiger partial charge on any atom is 0.304 e. The van der Waals surface area contributed by atoms with Crippen molar-refractivity contribution in [1.29, 1.82) is 0 Å². The van der Waals surface area contributed by atoms with Crippen molar-refractivity contribution in [3.8, 4) is 11.1 Å². The number of hydrogen-bond acceptors (Lipinski definition) is 8. The number of benzene rings is 2. The lowest BCUT2D eigenvalue weighted by atomic mass is 9.83. The van der Waals surface area contributed by atoms with Gasteiger partial charge in [-0.15, -0.1) is 0 Å². The van der Waals surface area contributed by atoms with E-state index in [0.29, 0.717) is 50.0 Å². The number of unbranched alkanes of at least 4 members (excludes halogenated alkanes) is 2. The summed E-state index contributed by atoms with van der Waals surface area (Å²) in [6.45, 7) is 12.0. The summed E-state index contributed by atoms with van der Waals surface area (Å²) in [5, 5.41) is 27.4. The fourth-order valence-corrected chi connectivity index (χ4v) is 8.46. The summed E-state index contributed by atoms with van der Waals surface area (Å²) in [6, 6.07) is 12.1. The van der Waals surface area contributed by atoms with Crippen molar-refractivity contribution in [2.75, 3.05) is 31.1 Å². The molecule has 2 aromatic carbocycles. The highest BCUT2D eigenvalue weighted by molar-refractivity contribution is 7.99. The van der Waals surface area contributed by atoms with E-state index in [1.807, 2.05) is 55.7 Å². The summed E-state index contributed by atoms with van der Waals surface area (Å²) in [5.41, 5.74) is 1.49. The number of nitrogens with one attached hydrogen (secondary N) is 3. The van der Waals surface area contributed by atoms with Gasteiger partial charge in [0.25, 0.3) is 0 Å². The molecule has 1 aliphatic heterocycles. The standard InChI is InChI=1S/C48H64F2N6O8S/c1-31(2)44(53-39(57)16-11-8-12-23-55-40(58)19-20-41(55)59)47(64)52-32(3)46(63)51-22-13-24-56(42(60)30-65-25-21-43(61)62)45(48(4,5)6)38-26-34(36-27-35(49)17-18-37(36)50)29-54(38)28-33-14-9-7-10-15-33/h7,9-10,14-15,17-20,26-27,29,31-32,40,44-45,58H,8,11-13,16,21-25,28,30H2,1-6H3,(H,51,63)(H,52,64)(H,53,57)(H,61,62)/t32-,40?,44-,45-/m0/s1. The minimum atomic E-state index is -0.979. The average Bonchev–Trinajstić information content (AvgIpc) is 3.79. The van der Waals surface area contributed by atoms with Gasteiger partial charge in [0.15, 0.2) is 0 Å². The van der Waals surface area contributed by atoms with Crippen LogP contribution in [0.3, 0.4) is 0 Å². The number of carbonyl (C=O) groups excluding carboxylic acids is 5. The molecule has 0 bridgehead atoms. The molecule has 1 unspecified atom stereocenters. The van der Waals surface area contributed by atoms with E-state index in [-0.39, 0.29) is 66.6 Å². The number of thioether (sulfide) groups is 1. The number of aliphatic hydroxyl groups is 1. The minimum Gasteiger partial charge on any atom is -0.481 e. The van der Waals surface area contributed by atoms with Gasteiger partial charge in [0.05, 0.1) is 18.2 Å². The predicted molar refractivity (Wildman–Crippen MR) is 246 cm³/mol. The van der Waals surface area contributed by atoms with Crippen LogP contribution in [0.5, 0.6) is 0 Å². The van der Waals surface area contributed by atoms with Crippen LogP contribution in [-0.2, 0) is 35.3 Å². The van der Waals surface area contributed by atoms with Crippen molar-refractivity contribution < 1.29 is 47.8 Å². The van der Waals surface area contributed by atoms with E-state index in [9.17, 15) is 43.4 Å². The average molecular weight is 923 g/mol. The smallest absolute Gasteiger partial charge is 0.304 e. The van der Waals surface area contributed by atoms with Gasteiger partial charge >= 0.3 is 5.97 Å². The van der Waals surface area contributed by atoms with Gasteiger partial charge in [-0.3, -0.25) is 28.8 Å². The second kappa shape index (κ2) is 24.7. The monoisotopic (exact) mass is 922 g/mol. The van der Waals surface area contributed by atoms with Crippen LogP contribution in [0.1, 0.15) is 97.4 Å². The summed E-state index contributed by atoms with van der Waals surface area (Å²) in [5.74, 6) is -4.11. The number of aliphatic carboxylic acids is 1. The van der Waals surface area contributed by atoms with Gasteiger partial charge in [0, 0.05) is 67.4 Å². The molecule has 17 heteroatoms. The second-order valence-electron chi connectivity index (χ2n) is 17.7. The highest BCUT2D eigenvalue weighted by Crippen LogP contribution is 2.41. The van der Waals surface area contributed by atoms with Crippen molar-refractivity contribution >= 4 is 47.3 Å². The maximum absolute atomic E-state index is 15.2. The van der Waals surface area contributed by atoms with Gasteiger partial charge in [-0.2, -0.15) is 11.8 Å². The highest BCUT2D eigenvalue weighted by Gasteiger charge is 2.37. The molecule has 0 fully saturated rings. The van der Waals surface area contributed by atoms with Crippen LogP contribution in [0, 0.1) is 23.0 Å². The van der Waals surface area contributed by atoms with Gasteiger partial charge in [-0.1, -0.05) is 71.4 Å². The Morgan fingerprint density at radius 2 is 1.63 bits per heavy atom. The van der Waals surface area contributed by atoms with E-state index < -0.39 is 59.2 Å². The molecular formula is C48H64F2N6O8S. The zero-order valence-electron chi connectivity index (χ0n) is 38.1. The summed E-state index contributed by atoms with van der Waals surface area (Å²) in [7, 11) is 0. The number of carbonyl (C=O) groups is 6. The molecule has 0 radical (unpaired) electrons. The first kappa shape index (κ1) is 52.1. The summed E-state index contributed by atoms with van der Waals surface area (Å²) >= 11 is 1.20. The van der Waals surface area contributed by atoms with E-state index in [2.05, 4.69) is 16.0 Å². The number of aromatic nitrogens is 1. The Morgan fingerprint density at radius 3 is 2.28 bits per heavy atom. The Bertz CT molecular complexity index is 2140. The molecule has 4 rings (SSSR count). The Morgan fingerprint density at radius 1 is 0.908 bits per heavy atom. The zero-order chi connectivity index (χ0) is 47.8. The van der Waals surface area contributed by atoms with Gasteiger partial charge in [0.2, 0.25) is 29.5 Å². The quantitative estimate of drug-likeness (QED) is 0.0632. The van der Waals surface area contributed by atoms with Crippen LogP contribution >= 0.6 is 11.8 Å². The highest BCUT2D eigenvalue weighted by atomic mass is 32.2. The molecule has 0 saturated heterocycles. The molecule has 4 atom stereocenters. The molecule has 1 aliphatic rings. The Kier molecular flexibility index (Phi) is 19.8. The Balaban J connectivity index is 1.44. The van der Waals surface area contributed by atoms with Crippen molar-refractivity contribution in [2.24, 2.45) is 11.3 Å². The summed E-state index contributed by atoms with van der Waals surface area (Å²) < 4.78 is 31.7. The minimum absolute atomic E-state index is 0.0164. The van der Waals surface area contributed by atoms with Gasteiger partial charge in [-0.05, 0) is 73.4 Å². The van der Waals surface area contributed by atoms with E-state index >= 15 is 4.39 Å². The van der Waals surface area contributed by atoms with Crippen molar-refractivity contribution in [3.63, 3.8) is 0 Å². The first-order valence-electron chi connectivity index (χ1n) is 22.1. The molecule has 0 saturated carbocycles. The fraction of sp³-hybridized carbons (Fsp3) is 0.500. The number of hydrogen-bond donors (Lipinski definition) is 5. The van der Waals surface area contributed by atoms with Gasteiger partial charge < -0.3 is 40.5 Å². The molecule has 1 aromatic heterocycles. The van der Waals surface area contributed by atoms with Crippen LogP contribution in [0.15, 0.2) is 72.9 Å². The normalized spacial score (nSPS) is 15.1. The first-order valence-corrected chi connectivity index (χ1v) is 23.2. The third kappa shape index (κ3) is 15.8. The Hall–Kier alpha value is -5.55. The molecule has 3 aromatic rings. The predicted octanol–water partition coefficient (Wildman–Crippen LogP) is 6.03. The van der Waals surface area contributed by atoms with E-state index in [1.54, 1.807) is 31.0 Å². The van der Waals surface area contributed by atoms with Crippen LogP contribution in [-0.4, -0.2) is 110 Å². The molecule has 65 heavy (non-hydrogen) atoms. The van der Waals surface area contributed by atoms with Crippen molar-refractivity contribution in [3.05, 3.63) is 95.8 Å². The molecule has 5 amide bonds. The summed E-state index contributed by atoms with van der Waals surface area (Å²) in [4.78, 5) is 79.8. The van der Waals surface area contributed by atoms with Crippen molar-refractivity contribution in [1.82, 2.24) is 30.3 Å². The molecule has 14 nitrogen and oxygen atoms in total. The molecule has 2 heterocycles. The van der Waals surface area contributed by atoms with E-state index in [4.69, 9.17) is 0 Å². The van der Waals surface area contributed by atoms with Crippen LogP contribution in [0.25, 0.3) is 11.1 Å². The van der Waals surface area contributed by atoms with Crippen LogP contribution in [0.2, 0.25) is 0 Å². The number of carboxylic acids is 1. The van der Waals surface area contributed by atoms with E-state index in [0.717, 1.165) is 23.8 Å². The SMILES string of the molecule is CC(C)[C@H](NC(=O)CCCCCN1C(=O)C=CC1O)C(=O)N[C@@H](C)C(=O)NCCCN(C(=O)CSCCC(=O)O)[C@@H](c1cc(-c2cc(F)ccc2F)cn1Cc1ccccc1)C(C)(C)C.